The summed E-state index contributed by atoms with van der Waals surface area (Å²) in [5.74, 6) is -0.491. The molecule has 2 aromatic heterocycles. The van der Waals surface area contributed by atoms with Crippen molar-refractivity contribution in [1.82, 2.24) is 13.7 Å². The number of aryl methyl sites for hydroxylation is 2. The van der Waals surface area contributed by atoms with Gasteiger partial charge in [0.15, 0.2) is 0 Å². The number of benzene rings is 3. The molecule has 3 aromatic carbocycles. The minimum Gasteiger partial charge on any atom is -0.343 e. The normalized spacial score (nSPS) is 15.6. The molecule has 1 aliphatic heterocycles. The van der Waals surface area contributed by atoms with Crippen LogP contribution in [0.1, 0.15) is 29.0 Å². The third-order valence-corrected chi connectivity index (χ3v) is 6.91. The Morgan fingerprint density at radius 1 is 0.941 bits per heavy atom. The quantitative estimate of drug-likeness (QED) is 0.437. The number of rotatable bonds is 3. The first-order chi connectivity index (χ1) is 16.4. The highest BCUT2D eigenvalue weighted by molar-refractivity contribution is 6.06. The van der Waals surface area contributed by atoms with Crippen LogP contribution in [0.3, 0.4) is 0 Å². The van der Waals surface area contributed by atoms with Crippen molar-refractivity contribution in [3.05, 3.63) is 99.9 Å². The number of halogens is 1. The van der Waals surface area contributed by atoms with Crippen molar-refractivity contribution >= 4 is 33.5 Å². The molecule has 34 heavy (non-hydrogen) atoms. The van der Waals surface area contributed by atoms with E-state index in [1.807, 2.05) is 42.5 Å². The molecule has 1 aliphatic rings. The molecule has 0 bridgehead atoms. The van der Waals surface area contributed by atoms with Crippen molar-refractivity contribution < 1.29 is 9.18 Å². The Labute approximate surface area is 194 Å². The molecule has 1 amide bonds. The Morgan fingerprint density at radius 2 is 1.74 bits per heavy atom. The van der Waals surface area contributed by atoms with Crippen LogP contribution in [0.25, 0.3) is 21.9 Å². The monoisotopic (exact) mass is 454 g/mol. The van der Waals surface area contributed by atoms with Gasteiger partial charge in [0.25, 0.3) is 0 Å². The summed E-state index contributed by atoms with van der Waals surface area (Å²) in [4.78, 5) is 25.3. The van der Waals surface area contributed by atoms with Crippen LogP contribution in [0.15, 0.2) is 71.7 Å². The smallest absolute Gasteiger partial charge is 0.328 e. The largest absolute Gasteiger partial charge is 0.343 e. The average Bonchev–Trinajstić information content (AvgIpc) is 3.23. The molecule has 0 saturated carbocycles. The van der Waals surface area contributed by atoms with Crippen LogP contribution >= 0.6 is 0 Å². The molecular formula is C27H23FN4O2. The van der Waals surface area contributed by atoms with Crippen LogP contribution in [-0.2, 0) is 25.4 Å². The van der Waals surface area contributed by atoms with Gasteiger partial charge in [-0.15, -0.1) is 0 Å². The summed E-state index contributed by atoms with van der Waals surface area (Å²) >= 11 is 0. The number of nitrogens with one attached hydrogen (secondary N) is 1. The molecule has 1 N–H and O–H groups in total. The van der Waals surface area contributed by atoms with E-state index in [4.69, 9.17) is 0 Å². The highest BCUT2D eigenvalue weighted by atomic mass is 19.1. The maximum absolute atomic E-state index is 13.8. The molecule has 5 aromatic rings. The van der Waals surface area contributed by atoms with E-state index in [0.29, 0.717) is 13.0 Å². The number of carbonyl (C=O) groups is 1. The first-order valence-corrected chi connectivity index (χ1v) is 11.2. The average molecular weight is 455 g/mol. The fourth-order valence-corrected chi connectivity index (χ4v) is 5.25. The van der Waals surface area contributed by atoms with Gasteiger partial charge in [0.1, 0.15) is 5.82 Å². The summed E-state index contributed by atoms with van der Waals surface area (Å²) < 4.78 is 19.2. The number of anilines is 1. The van der Waals surface area contributed by atoms with Crippen LogP contribution in [-0.4, -0.2) is 19.6 Å². The number of amides is 1. The summed E-state index contributed by atoms with van der Waals surface area (Å²) in [6.07, 6.45) is 2.37. The highest BCUT2D eigenvalue weighted by Gasteiger charge is 2.28. The molecule has 0 fully saturated rings. The molecule has 1 unspecified atom stereocenters. The summed E-state index contributed by atoms with van der Waals surface area (Å²) in [5, 5.41) is 4.06. The van der Waals surface area contributed by atoms with Crippen LogP contribution in [0, 0.1) is 5.82 Å². The first-order valence-electron chi connectivity index (χ1n) is 11.2. The molecule has 0 spiro atoms. The van der Waals surface area contributed by atoms with Gasteiger partial charge in [-0.3, -0.25) is 13.9 Å². The molecule has 6 nitrogen and oxygen atoms in total. The molecule has 170 valence electrons. The van der Waals surface area contributed by atoms with E-state index < -0.39 is 0 Å². The predicted molar refractivity (Wildman–Crippen MR) is 131 cm³/mol. The van der Waals surface area contributed by atoms with Gasteiger partial charge in [0.05, 0.1) is 22.2 Å². The van der Waals surface area contributed by atoms with Gasteiger partial charge >= 0.3 is 5.69 Å². The number of nitrogens with zero attached hydrogens (tertiary/aromatic N) is 3. The van der Waals surface area contributed by atoms with Crippen LogP contribution in [0.5, 0.6) is 0 Å². The zero-order chi connectivity index (χ0) is 23.6. The summed E-state index contributed by atoms with van der Waals surface area (Å²) in [6.45, 7) is 0.518. The number of aromatic nitrogens is 3. The fourth-order valence-electron chi connectivity index (χ4n) is 5.25. The molecule has 0 aliphatic carbocycles. The van der Waals surface area contributed by atoms with E-state index in [1.54, 1.807) is 35.4 Å². The van der Waals surface area contributed by atoms with Gasteiger partial charge in [0, 0.05) is 44.6 Å². The predicted octanol–water partition coefficient (Wildman–Crippen LogP) is 4.49. The van der Waals surface area contributed by atoms with E-state index in [0.717, 1.165) is 44.3 Å². The zero-order valence-corrected chi connectivity index (χ0v) is 18.9. The zero-order valence-electron chi connectivity index (χ0n) is 18.9. The Balaban J connectivity index is 1.55. The van der Waals surface area contributed by atoms with Gasteiger partial charge in [-0.05, 0) is 53.1 Å². The van der Waals surface area contributed by atoms with Gasteiger partial charge in [0.2, 0.25) is 5.91 Å². The van der Waals surface area contributed by atoms with E-state index in [9.17, 15) is 14.0 Å². The maximum atomic E-state index is 13.8. The third kappa shape index (κ3) is 3.08. The fraction of sp³-hybridized carbons (Fsp3) is 0.185. The SMILES string of the molecule is Cn1c(=O)n(C)c2cc(C3CC(=O)Nc4cccc5c4c3cn5Cc3cccc(F)c3)ccc21. The van der Waals surface area contributed by atoms with Crippen molar-refractivity contribution in [2.75, 3.05) is 5.32 Å². The Bertz CT molecular complexity index is 1670. The Kier molecular flexibility index (Phi) is 4.49. The van der Waals surface area contributed by atoms with Crippen molar-refractivity contribution in [3.63, 3.8) is 0 Å². The second kappa shape index (κ2) is 7.45. The molecule has 0 radical (unpaired) electrons. The minimum absolute atomic E-state index is 0.0487. The van der Waals surface area contributed by atoms with Gasteiger partial charge in [-0.1, -0.05) is 24.3 Å². The van der Waals surface area contributed by atoms with Crippen molar-refractivity contribution in [2.24, 2.45) is 14.1 Å². The number of fused-ring (bicyclic) bond motifs is 1. The summed E-state index contributed by atoms with van der Waals surface area (Å²) in [6, 6.07) is 18.5. The molecular weight excluding hydrogens is 431 g/mol. The van der Waals surface area contributed by atoms with Crippen molar-refractivity contribution in [2.45, 2.75) is 18.9 Å². The molecule has 7 heteroatoms. The maximum Gasteiger partial charge on any atom is 0.328 e. The van der Waals surface area contributed by atoms with Gasteiger partial charge in [-0.25, -0.2) is 9.18 Å². The van der Waals surface area contributed by atoms with E-state index >= 15 is 0 Å². The summed E-state index contributed by atoms with van der Waals surface area (Å²) in [5.41, 5.74) is 6.25. The highest BCUT2D eigenvalue weighted by Crippen LogP contribution is 2.41. The van der Waals surface area contributed by atoms with Crippen LogP contribution < -0.4 is 11.0 Å². The number of carbonyl (C=O) groups excluding carboxylic acids is 1. The van der Waals surface area contributed by atoms with Gasteiger partial charge < -0.3 is 9.88 Å². The second-order valence-electron chi connectivity index (χ2n) is 9.00. The molecule has 0 saturated heterocycles. The standard InChI is InChI=1S/C27H23FN4O2/c1-30-22-10-9-17(12-24(22)31(2)27(30)34)19-13-25(33)29-21-7-4-8-23-26(21)20(19)15-32(23)14-16-5-3-6-18(28)11-16/h3-12,15,19H,13-14H2,1-2H3,(H,29,33). The Hall–Kier alpha value is -4.13. The van der Waals surface area contributed by atoms with Crippen LogP contribution in [0.4, 0.5) is 10.1 Å². The van der Waals surface area contributed by atoms with E-state index in [1.165, 1.54) is 6.07 Å². The Morgan fingerprint density at radius 3 is 2.56 bits per heavy atom. The van der Waals surface area contributed by atoms with Crippen LogP contribution in [0.2, 0.25) is 0 Å². The second-order valence-corrected chi connectivity index (χ2v) is 9.00. The van der Waals surface area contributed by atoms with E-state index in [-0.39, 0.29) is 23.3 Å². The van der Waals surface area contributed by atoms with Crippen molar-refractivity contribution in [1.29, 1.82) is 0 Å². The lowest BCUT2D eigenvalue weighted by molar-refractivity contribution is -0.116. The van der Waals surface area contributed by atoms with Crippen molar-refractivity contribution in [3.8, 4) is 0 Å². The number of hydrogen-bond acceptors (Lipinski definition) is 2. The topological polar surface area (TPSA) is 61.0 Å². The molecule has 6 rings (SSSR count). The number of imidazole rings is 1. The molecule has 1 atom stereocenters. The first kappa shape index (κ1) is 20.5. The lowest BCUT2D eigenvalue weighted by Gasteiger charge is -2.15. The third-order valence-electron chi connectivity index (χ3n) is 6.91. The molecule has 3 heterocycles. The lowest BCUT2D eigenvalue weighted by atomic mass is 9.88. The lowest BCUT2D eigenvalue weighted by Crippen LogP contribution is -2.19. The van der Waals surface area contributed by atoms with E-state index in [2.05, 4.69) is 16.1 Å². The summed E-state index contributed by atoms with van der Waals surface area (Å²) in [7, 11) is 3.52. The minimum atomic E-state index is -0.261. The van der Waals surface area contributed by atoms with Gasteiger partial charge in [-0.2, -0.15) is 0 Å². The number of hydrogen-bond donors (Lipinski definition) is 1.